The van der Waals surface area contributed by atoms with E-state index in [0.717, 1.165) is 0 Å². The molecule has 0 saturated heterocycles. The number of rotatable bonds is 13. The van der Waals surface area contributed by atoms with E-state index in [-0.39, 0.29) is 0 Å². The minimum absolute atomic E-state index is 0.414. The summed E-state index contributed by atoms with van der Waals surface area (Å²) >= 11 is 6.41. The van der Waals surface area contributed by atoms with Gasteiger partial charge in [-0.1, -0.05) is 64.6 Å². The van der Waals surface area contributed by atoms with Crippen molar-refractivity contribution in [2.45, 2.75) is 105 Å². The molecule has 2 heteroatoms. The average molecular weight is 369 g/mol. The molecular formula is C22H38ClP. The van der Waals surface area contributed by atoms with Crippen LogP contribution in [0.15, 0.2) is 6.07 Å². The van der Waals surface area contributed by atoms with Crippen molar-refractivity contribution in [3.8, 4) is 0 Å². The Labute approximate surface area is 157 Å². The van der Waals surface area contributed by atoms with Gasteiger partial charge in [-0.25, -0.2) is 0 Å². The van der Waals surface area contributed by atoms with E-state index < -0.39 is 0 Å². The summed E-state index contributed by atoms with van der Waals surface area (Å²) in [5.74, 6) is 0. The number of benzene rings is 1. The zero-order valence-electron chi connectivity index (χ0n) is 16.4. The van der Waals surface area contributed by atoms with Crippen LogP contribution < -0.4 is 5.30 Å². The van der Waals surface area contributed by atoms with E-state index in [2.05, 4.69) is 33.8 Å². The second kappa shape index (κ2) is 13.2. The van der Waals surface area contributed by atoms with Gasteiger partial charge in [-0.2, -0.15) is 0 Å². The number of halogens is 1. The highest BCUT2D eigenvalue weighted by atomic mass is 35.7. The third-order valence-corrected chi connectivity index (χ3v) is 6.26. The first-order valence-corrected chi connectivity index (χ1v) is 12.3. The molecule has 0 saturated carbocycles. The summed E-state index contributed by atoms with van der Waals surface area (Å²) in [5, 5.41) is 1.45. The Kier molecular flexibility index (Phi) is 12.1. The molecule has 138 valence electrons. The van der Waals surface area contributed by atoms with Crippen LogP contribution in [-0.2, 0) is 25.7 Å². The van der Waals surface area contributed by atoms with Crippen LogP contribution in [-0.4, -0.2) is 0 Å². The van der Waals surface area contributed by atoms with Crippen molar-refractivity contribution in [1.82, 2.24) is 0 Å². The highest BCUT2D eigenvalue weighted by Crippen LogP contribution is 2.30. The Hall–Kier alpha value is -0.0600. The molecule has 1 aromatic rings. The fraction of sp³-hybridized carbons (Fsp3) is 0.727. The molecule has 0 aromatic heterocycles. The lowest BCUT2D eigenvalue weighted by atomic mass is 9.86. The Morgan fingerprint density at radius 2 is 1.12 bits per heavy atom. The average Bonchev–Trinajstić information content (AvgIpc) is 2.61. The Balaban J connectivity index is 3.36. The highest BCUT2D eigenvalue weighted by Gasteiger charge is 2.17. The third-order valence-electron chi connectivity index (χ3n) is 5.00. The molecule has 0 fully saturated rings. The molecule has 0 nitrogen and oxygen atoms in total. The molecule has 1 aromatic carbocycles. The molecule has 0 aliphatic carbocycles. The molecule has 1 atom stereocenters. The summed E-state index contributed by atoms with van der Waals surface area (Å²) in [4.78, 5) is 0. The summed E-state index contributed by atoms with van der Waals surface area (Å²) in [7, 11) is 0.414. The van der Waals surface area contributed by atoms with Gasteiger partial charge in [-0.15, -0.1) is 0 Å². The van der Waals surface area contributed by atoms with Crippen LogP contribution in [0.2, 0.25) is 0 Å². The van der Waals surface area contributed by atoms with Crippen LogP contribution in [0.5, 0.6) is 0 Å². The Morgan fingerprint density at radius 3 is 1.62 bits per heavy atom. The van der Waals surface area contributed by atoms with Gasteiger partial charge < -0.3 is 0 Å². The summed E-state index contributed by atoms with van der Waals surface area (Å²) in [6, 6.07) is 2.48. The lowest BCUT2D eigenvalue weighted by molar-refractivity contribution is 0.721. The van der Waals surface area contributed by atoms with Crippen molar-refractivity contribution < 1.29 is 0 Å². The van der Waals surface area contributed by atoms with E-state index in [9.17, 15) is 0 Å². The molecule has 0 heterocycles. The maximum absolute atomic E-state index is 6.41. The zero-order chi connectivity index (χ0) is 17.8. The number of hydrogen-bond donors (Lipinski definition) is 0. The van der Waals surface area contributed by atoms with Crippen molar-refractivity contribution in [2.24, 2.45) is 0 Å². The van der Waals surface area contributed by atoms with E-state index in [0.29, 0.717) is 7.93 Å². The fourth-order valence-electron chi connectivity index (χ4n) is 3.52. The second-order valence-corrected chi connectivity index (χ2v) is 8.32. The standard InChI is InChI=1S/C22H38ClP/c1-5-9-13-18-17-22(24-23)21(16-12-8-4)20(15-11-7-3)19(18)14-10-6-2/h17,24H,5-16H2,1-4H3. The molecule has 0 radical (unpaired) electrons. The van der Waals surface area contributed by atoms with Crippen LogP contribution in [0, 0.1) is 0 Å². The quantitative estimate of drug-likeness (QED) is 0.316. The summed E-state index contributed by atoms with van der Waals surface area (Å²) in [5.41, 5.74) is 6.61. The van der Waals surface area contributed by atoms with Crippen LogP contribution in [0.4, 0.5) is 0 Å². The Bertz CT molecular complexity index is 468. The molecular weight excluding hydrogens is 331 g/mol. The maximum Gasteiger partial charge on any atom is 0.00690 e. The molecule has 0 amide bonds. The van der Waals surface area contributed by atoms with Gasteiger partial charge in [0.2, 0.25) is 0 Å². The van der Waals surface area contributed by atoms with Crippen molar-refractivity contribution in [3.05, 3.63) is 28.3 Å². The van der Waals surface area contributed by atoms with Crippen molar-refractivity contribution in [1.29, 1.82) is 0 Å². The number of unbranched alkanes of at least 4 members (excludes halogenated alkanes) is 4. The Morgan fingerprint density at radius 1 is 0.667 bits per heavy atom. The van der Waals surface area contributed by atoms with Gasteiger partial charge in [0.15, 0.2) is 0 Å². The summed E-state index contributed by atoms with van der Waals surface area (Å²) < 4.78 is 0. The third kappa shape index (κ3) is 6.68. The molecule has 0 bridgehead atoms. The van der Waals surface area contributed by atoms with Crippen LogP contribution in [0.25, 0.3) is 0 Å². The first-order valence-electron chi connectivity index (χ1n) is 10.3. The topological polar surface area (TPSA) is 0 Å². The van der Waals surface area contributed by atoms with E-state index in [1.807, 2.05) is 0 Å². The molecule has 0 aliphatic heterocycles. The highest BCUT2D eigenvalue weighted by molar-refractivity contribution is 7.75. The minimum atomic E-state index is 0.414. The predicted octanol–water partition coefficient (Wildman–Crippen LogP) is 7.51. The van der Waals surface area contributed by atoms with E-state index in [4.69, 9.17) is 11.2 Å². The van der Waals surface area contributed by atoms with Gasteiger partial charge in [0.05, 0.1) is 0 Å². The molecule has 1 unspecified atom stereocenters. The van der Waals surface area contributed by atoms with Crippen molar-refractivity contribution >= 4 is 24.5 Å². The first kappa shape index (κ1) is 22.0. The van der Waals surface area contributed by atoms with Crippen LogP contribution in [0.1, 0.15) is 101 Å². The lowest BCUT2D eigenvalue weighted by Gasteiger charge is -2.22. The van der Waals surface area contributed by atoms with E-state index >= 15 is 0 Å². The number of aryl methyl sites for hydroxylation is 1. The second-order valence-electron chi connectivity index (χ2n) is 7.03. The van der Waals surface area contributed by atoms with Gasteiger partial charge in [0.1, 0.15) is 0 Å². The van der Waals surface area contributed by atoms with Gasteiger partial charge in [-0.05, 0) is 85.0 Å². The van der Waals surface area contributed by atoms with Gasteiger partial charge in [0.25, 0.3) is 0 Å². The smallest absolute Gasteiger partial charge is 0.00690 e. The van der Waals surface area contributed by atoms with Gasteiger partial charge >= 0.3 is 0 Å². The number of hydrogen-bond acceptors (Lipinski definition) is 0. The van der Waals surface area contributed by atoms with E-state index in [1.165, 1.54) is 82.4 Å². The molecule has 0 aliphatic rings. The molecule has 24 heavy (non-hydrogen) atoms. The summed E-state index contributed by atoms with van der Waals surface area (Å²) in [6.45, 7) is 9.21. The maximum atomic E-state index is 6.41. The predicted molar refractivity (Wildman–Crippen MR) is 115 cm³/mol. The largest absolute Gasteiger partial charge is 0.0948 e. The molecule has 0 spiro atoms. The van der Waals surface area contributed by atoms with Crippen molar-refractivity contribution in [3.63, 3.8) is 0 Å². The lowest BCUT2D eigenvalue weighted by Crippen LogP contribution is -2.15. The monoisotopic (exact) mass is 368 g/mol. The van der Waals surface area contributed by atoms with Crippen LogP contribution in [0.3, 0.4) is 0 Å². The normalized spacial score (nSPS) is 11.7. The minimum Gasteiger partial charge on any atom is -0.0948 e. The van der Waals surface area contributed by atoms with E-state index in [1.54, 1.807) is 22.3 Å². The summed E-state index contributed by atoms with van der Waals surface area (Å²) in [6.07, 6.45) is 15.3. The van der Waals surface area contributed by atoms with Gasteiger partial charge in [-0.3, -0.25) is 0 Å². The van der Waals surface area contributed by atoms with Gasteiger partial charge in [0, 0.05) is 7.93 Å². The first-order chi connectivity index (χ1) is 11.7. The zero-order valence-corrected chi connectivity index (χ0v) is 18.2. The molecule has 1 rings (SSSR count). The van der Waals surface area contributed by atoms with Crippen molar-refractivity contribution in [2.75, 3.05) is 0 Å². The van der Waals surface area contributed by atoms with Crippen LogP contribution >= 0.6 is 19.2 Å². The fourth-order valence-corrected chi connectivity index (χ4v) is 4.65. The molecule has 0 N–H and O–H groups in total. The SMILES string of the molecule is CCCCc1cc(PCl)c(CCCC)c(CCCC)c1CCCC.